The number of ether oxygens (including phenoxy) is 3. The number of carbonyl (C=O) groups excluding carboxylic acids is 6. The molecule has 0 unspecified atom stereocenters. The molecule has 0 radical (unpaired) electrons. The average molecular weight is 1060 g/mol. The van der Waals surface area contributed by atoms with Crippen molar-refractivity contribution >= 4 is 62.9 Å². The maximum Gasteiger partial charge on any atom is 0.246 e. The van der Waals surface area contributed by atoms with Crippen LogP contribution in [0.5, 0.6) is 0 Å². The number of amides is 3. The van der Waals surface area contributed by atoms with Crippen molar-refractivity contribution in [3.8, 4) is 10.4 Å². The zero-order valence-electron chi connectivity index (χ0n) is 45.4. The van der Waals surface area contributed by atoms with Crippen LogP contribution in [0.3, 0.4) is 0 Å². The summed E-state index contributed by atoms with van der Waals surface area (Å²) in [5.41, 5.74) is 10.3. The third-order valence-corrected chi connectivity index (χ3v) is 15.1. The highest BCUT2D eigenvalue weighted by molar-refractivity contribution is 7.13. The summed E-state index contributed by atoms with van der Waals surface area (Å²) in [7, 11) is 0. The molecule has 17 nitrogen and oxygen atoms in total. The van der Waals surface area contributed by atoms with E-state index in [1.165, 1.54) is 4.90 Å². The van der Waals surface area contributed by atoms with E-state index in [2.05, 4.69) is 51.6 Å². The second-order valence-corrected chi connectivity index (χ2v) is 22.4. The Morgan fingerprint density at radius 3 is 2.32 bits per heavy atom. The van der Waals surface area contributed by atoms with E-state index in [1.807, 2.05) is 88.1 Å². The Labute approximate surface area is 450 Å². The number of aliphatic hydroxyl groups is 1. The van der Waals surface area contributed by atoms with Crippen LogP contribution in [0.1, 0.15) is 120 Å². The zero-order chi connectivity index (χ0) is 54.7. The van der Waals surface area contributed by atoms with Crippen molar-refractivity contribution in [1.29, 1.82) is 0 Å². The molecule has 3 atom stereocenters. The van der Waals surface area contributed by atoms with E-state index in [9.17, 15) is 33.9 Å². The quantitative estimate of drug-likeness (QED) is 0.0445. The van der Waals surface area contributed by atoms with Gasteiger partial charge in [-0.2, -0.15) is 5.10 Å². The lowest BCUT2D eigenvalue weighted by Crippen LogP contribution is -2.58. The van der Waals surface area contributed by atoms with Gasteiger partial charge in [0.05, 0.1) is 60.3 Å². The van der Waals surface area contributed by atoms with E-state index < -0.39 is 35.4 Å². The van der Waals surface area contributed by atoms with Crippen LogP contribution in [0.15, 0.2) is 77.0 Å². The number of hydrogen-bond donors (Lipinski definition) is 3. The minimum Gasteiger partial charge on any atom is -0.391 e. The van der Waals surface area contributed by atoms with Crippen molar-refractivity contribution in [3.05, 3.63) is 99.4 Å². The maximum atomic E-state index is 14.0. The largest absolute Gasteiger partial charge is 0.391 e. The normalized spacial score (nSPS) is 17.8. The van der Waals surface area contributed by atoms with E-state index in [-0.39, 0.29) is 94.9 Å². The van der Waals surface area contributed by atoms with Crippen LogP contribution in [0.25, 0.3) is 26.9 Å². The first-order valence-electron chi connectivity index (χ1n) is 26.4. The first-order chi connectivity index (χ1) is 36.3. The average Bonchev–Trinajstić information content (AvgIpc) is 4.14. The Morgan fingerprint density at radius 2 is 1.66 bits per heavy atom. The number of rotatable bonds is 25. The number of Topliss-reactive ketones (excluding diaryl/α,β-unsaturated/α-hetero) is 3. The molecule has 3 N–H and O–H groups in total. The highest BCUT2D eigenvalue weighted by atomic mass is 32.1. The monoisotopic (exact) mass is 1060 g/mol. The Kier molecular flexibility index (Phi) is 20.0. The van der Waals surface area contributed by atoms with E-state index in [1.54, 1.807) is 17.5 Å². The molecule has 1 aliphatic carbocycles. The predicted molar refractivity (Wildman–Crippen MR) is 293 cm³/mol. The molecule has 3 aliphatic rings. The van der Waals surface area contributed by atoms with Crippen LogP contribution < -0.4 is 10.6 Å². The minimum absolute atomic E-state index is 0.00797. The number of benzene rings is 2. The summed E-state index contributed by atoms with van der Waals surface area (Å²) in [4.78, 5) is 88.9. The lowest BCUT2D eigenvalue weighted by molar-refractivity contribution is -0.144. The number of aromatic nitrogens is 3. The van der Waals surface area contributed by atoms with E-state index in [0.717, 1.165) is 73.4 Å². The number of β-amino-alcohol motifs (C(OH)–C–C–N with tert-alkyl or cyclic N) is 1. The van der Waals surface area contributed by atoms with Gasteiger partial charge >= 0.3 is 0 Å². The Balaban J connectivity index is 0.778. The first kappa shape index (κ1) is 57.7. The van der Waals surface area contributed by atoms with Gasteiger partial charge in [0.15, 0.2) is 17.3 Å². The van der Waals surface area contributed by atoms with Crippen molar-refractivity contribution in [3.63, 3.8) is 0 Å². The number of aryl methyl sites for hydroxylation is 1. The van der Waals surface area contributed by atoms with Gasteiger partial charge < -0.3 is 34.9 Å². The standard InChI is InChI=1S/C58H75N7O10S/c1-36(2)65-49-28-43(27-47(48(49)31-61-65)51(68)14-13-46-38(4)25-37(3)26-52(46)69)41-15-18-63(19-16-41)20-17-44(66)33-74-23-21-73-22-24-75-34-53(70)62-55(58(6,7)8)57(72)64-32-45(67)29-50(64)56(71)59-30-40-9-11-42(12-10-40)54-39(5)60-35-76-54/h9-12,15,25,27-28,31,35-36,45,50,55,67H,13-14,16-24,26,29-30,32-34H2,1-8H3,(H,59,71)(H,62,70)/t45-,50+,55-/m1/s1. The Hall–Kier alpha value is -6.02. The fourth-order valence-corrected chi connectivity index (χ4v) is 10.8. The first-order valence-corrected chi connectivity index (χ1v) is 27.3. The van der Waals surface area contributed by atoms with Crippen molar-refractivity contribution in [2.45, 2.75) is 125 Å². The molecule has 4 heterocycles. The van der Waals surface area contributed by atoms with Gasteiger partial charge in [0, 0.05) is 75.4 Å². The van der Waals surface area contributed by atoms with Crippen LogP contribution >= 0.6 is 11.3 Å². The lowest BCUT2D eigenvalue weighted by atomic mass is 9.85. The molecule has 1 fully saturated rings. The Morgan fingerprint density at radius 1 is 0.934 bits per heavy atom. The summed E-state index contributed by atoms with van der Waals surface area (Å²) in [5, 5.41) is 21.7. The summed E-state index contributed by atoms with van der Waals surface area (Å²) in [6, 6.07) is 10.2. The molecule has 0 spiro atoms. The van der Waals surface area contributed by atoms with Crippen LogP contribution in [0.2, 0.25) is 0 Å². The van der Waals surface area contributed by atoms with Crippen molar-refractivity contribution in [2.24, 2.45) is 5.41 Å². The van der Waals surface area contributed by atoms with Crippen LogP contribution in [0.4, 0.5) is 0 Å². The van der Waals surface area contributed by atoms with Crippen LogP contribution in [-0.4, -0.2) is 149 Å². The smallest absolute Gasteiger partial charge is 0.246 e. The second-order valence-electron chi connectivity index (χ2n) is 21.5. The van der Waals surface area contributed by atoms with Crippen molar-refractivity contribution in [1.82, 2.24) is 35.2 Å². The summed E-state index contributed by atoms with van der Waals surface area (Å²) < 4.78 is 18.7. The summed E-state index contributed by atoms with van der Waals surface area (Å²) in [5.74, 6) is -1.28. The summed E-state index contributed by atoms with van der Waals surface area (Å²) in [6.07, 6.45) is 7.33. The number of fused-ring (bicyclic) bond motifs is 1. The number of carbonyl (C=O) groups is 6. The minimum atomic E-state index is -0.989. The molecule has 0 bridgehead atoms. The number of aliphatic hydroxyl groups excluding tert-OH is 1. The molecule has 18 heteroatoms. The molecule has 2 aromatic carbocycles. The highest BCUT2D eigenvalue weighted by Gasteiger charge is 2.44. The van der Waals surface area contributed by atoms with Gasteiger partial charge in [0.25, 0.3) is 0 Å². The van der Waals surface area contributed by atoms with Crippen LogP contribution in [-0.2, 0) is 44.7 Å². The third-order valence-electron chi connectivity index (χ3n) is 14.1. The number of likely N-dealkylation sites (tertiary alicyclic amines) is 1. The molecule has 4 aromatic rings. The molecule has 2 aliphatic heterocycles. The molecule has 3 amide bonds. The van der Waals surface area contributed by atoms with E-state index >= 15 is 0 Å². The van der Waals surface area contributed by atoms with Gasteiger partial charge in [-0.05, 0) is 98.4 Å². The zero-order valence-corrected chi connectivity index (χ0v) is 46.2. The van der Waals surface area contributed by atoms with E-state index in [4.69, 9.17) is 14.2 Å². The third kappa shape index (κ3) is 15.1. The molecule has 76 heavy (non-hydrogen) atoms. The number of allylic oxidation sites excluding steroid dienone is 4. The van der Waals surface area contributed by atoms with Crippen molar-refractivity contribution in [2.75, 3.05) is 65.8 Å². The van der Waals surface area contributed by atoms with Gasteiger partial charge in [-0.25, -0.2) is 4.98 Å². The number of thiazole rings is 1. The fourth-order valence-electron chi connectivity index (χ4n) is 9.97. The van der Waals surface area contributed by atoms with Gasteiger partial charge in [-0.15, -0.1) is 11.3 Å². The number of hydrogen-bond acceptors (Lipinski definition) is 14. The molecule has 0 saturated carbocycles. The lowest BCUT2D eigenvalue weighted by Gasteiger charge is -2.35. The van der Waals surface area contributed by atoms with Crippen LogP contribution in [0, 0.1) is 12.3 Å². The SMILES string of the molecule is CC1=CC(C)=C(CCC(=O)c2cc(C3=CCN(CCC(=O)COCCOCCOCC(=O)N[C@H](C(=O)N4C[C@H](O)C[C@H]4C(=O)NCc4ccc(-c5scnc5C)cc4)C(C)(C)C)CC3)cc3c2cnn3C(C)C)C(=O)C1. The topological polar surface area (TPSA) is 212 Å². The van der Waals surface area contributed by atoms with Gasteiger partial charge in [-0.3, -0.25) is 38.3 Å². The predicted octanol–water partition coefficient (Wildman–Crippen LogP) is 7.15. The Bertz CT molecular complexity index is 2860. The summed E-state index contributed by atoms with van der Waals surface area (Å²) >= 11 is 1.57. The van der Waals surface area contributed by atoms with Gasteiger partial charge in [0.2, 0.25) is 17.7 Å². The summed E-state index contributed by atoms with van der Waals surface area (Å²) in [6.45, 7) is 18.1. The molecule has 7 rings (SSSR count). The molecular formula is C58H75N7O10S. The number of nitrogens with one attached hydrogen (secondary N) is 2. The molecule has 1 saturated heterocycles. The number of ketones is 3. The van der Waals surface area contributed by atoms with Gasteiger partial charge in [0.1, 0.15) is 25.3 Å². The molecule has 408 valence electrons. The van der Waals surface area contributed by atoms with Crippen molar-refractivity contribution < 1.29 is 48.1 Å². The fraction of sp³-hybridized carbons (Fsp3) is 0.517. The molecule has 2 aromatic heterocycles. The highest BCUT2D eigenvalue weighted by Crippen LogP contribution is 2.33. The maximum absolute atomic E-state index is 14.0. The van der Waals surface area contributed by atoms with E-state index in [0.29, 0.717) is 37.9 Å². The molecular weight excluding hydrogens is 987 g/mol. The van der Waals surface area contributed by atoms with Gasteiger partial charge in [-0.1, -0.05) is 62.8 Å². The second kappa shape index (κ2) is 26.4. The number of nitrogens with zero attached hydrogens (tertiary/aromatic N) is 5.